The van der Waals surface area contributed by atoms with Gasteiger partial charge in [-0.1, -0.05) is 0 Å². The molecule has 0 bridgehead atoms. The van der Waals surface area contributed by atoms with Gasteiger partial charge >= 0.3 is 0 Å². The number of hydrogen-bond acceptors (Lipinski definition) is 6. The maximum absolute atomic E-state index is 4.79. The molecule has 3 aromatic rings. The fourth-order valence-electron chi connectivity index (χ4n) is 2.73. The van der Waals surface area contributed by atoms with Gasteiger partial charge < -0.3 is 4.90 Å². The number of nitrogens with zero attached hydrogens (tertiary/aromatic N) is 5. The largest absolute Gasteiger partial charge is 0.353 e. The third-order valence-corrected chi connectivity index (χ3v) is 5.76. The number of hydrogen-bond donors (Lipinski definition) is 0. The fourth-order valence-corrected chi connectivity index (χ4v) is 4.48. The molecule has 0 aromatic carbocycles. The van der Waals surface area contributed by atoms with Crippen molar-refractivity contribution in [3.05, 3.63) is 29.0 Å². The standard InChI is InChI=1S/C15H17N5S2/c1-15(2)10-19(6-8-22-15)13-4-3-12-16-17-14(20(12)18-13)11-5-7-21-9-11/h3-5,7,9H,6,8,10H2,1-2H3. The van der Waals surface area contributed by atoms with E-state index in [0.717, 1.165) is 41.7 Å². The Morgan fingerprint density at radius 1 is 1.18 bits per heavy atom. The number of rotatable bonds is 2. The third-order valence-electron chi connectivity index (χ3n) is 3.78. The SMILES string of the molecule is CC1(C)CN(c2ccc3nnc(-c4ccsc4)n3n2)CCS1. The van der Waals surface area contributed by atoms with Gasteiger partial charge in [0.15, 0.2) is 11.5 Å². The smallest absolute Gasteiger partial charge is 0.186 e. The lowest BCUT2D eigenvalue weighted by molar-refractivity contribution is 0.637. The second-order valence-electron chi connectivity index (χ2n) is 6.03. The molecule has 1 aliphatic heterocycles. The summed E-state index contributed by atoms with van der Waals surface area (Å²) in [7, 11) is 0. The molecule has 0 radical (unpaired) electrons. The van der Waals surface area contributed by atoms with Crippen LogP contribution in [0.25, 0.3) is 17.0 Å². The van der Waals surface area contributed by atoms with Crippen molar-refractivity contribution in [2.24, 2.45) is 0 Å². The van der Waals surface area contributed by atoms with E-state index in [-0.39, 0.29) is 4.75 Å². The third kappa shape index (κ3) is 2.48. The molecule has 1 aliphatic rings. The zero-order valence-corrected chi connectivity index (χ0v) is 14.2. The monoisotopic (exact) mass is 331 g/mol. The minimum atomic E-state index is 0.262. The van der Waals surface area contributed by atoms with Crippen molar-refractivity contribution in [2.45, 2.75) is 18.6 Å². The first-order chi connectivity index (χ1) is 10.6. The van der Waals surface area contributed by atoms with E-state index in [4.69, 9.17) is 5.10 Å². The molecule has 0 amide bonds. The predicted octanol–water partition coefficient (Wildman–Crippen LogP) is 3.18. The molecule has 4 rings (SSSR count). The molecule has 0 saturated carbocycles. The first-order valence-electron chi connectivity index (χ1n) is 7.26. The average Bonchev–Trinajstić information content (AvgIpc) is 3.14. The van der Waals surface area contributed by atoms with Crippen molar-refractivity contribution in [1.82, 2.24) is 19.8 Å². The van der Waals surface area contributed by atoms with Gasteiger partial charge in [0.2, 0.25) is 0 Å². The van der Waals surface area contributed by atoms with Gasteiger partial charge in [-0.2, -0.15) is 27.6 Å². The average molecular weight is 331 g/mol. The molecular formula is C15H17N5S2. The Morgan fingerprint density at radius 3 is 2.86 bits per heavy atom. The van der Waals surface area contributed by atoms with Crippen LogP contribution >= 0.6 is 23.1 Å². The van der Waals surface area contributed by atoms with Crippen LogP contribution < -0.4 is 4.90 Å². The summed E-state index contributed by atoms with van der Waals surface area (Å²) in [5.74, 6) is 2.94. The number of thiophene rings is 1. The molecule has 4 heterocycles. The fraction of sp³-hybridized carbons (Fsp3) is 0.400. The molecule has 5 nitrogen and oxygen atoms in total. The number of fused-ring (bicyclic) bond motifs is 1. The summed E-state index contributed by atoms with van der Waals surface area (Å²) in [5, 5.41) is 17.4. The molecule has 1 saturated heterocycles. The van der Waals surface area contributed by atoms with E-state index in [1.165, 1.54) is 0 Å². The first kappa shape index (κ1) is 14.0. The highest BCUT2D eigenvalue weighted by Crippen LogP contribution is 2.31. The molecule has 0 spiro atoms. The highest BCUT2D eigenvalue weighted by atomic mass is 32.2. The van der Waals surface area contributed by atoms with Gasteiger partial charge in [-0.25, -0.2) is 0 Å². The maximum atomic E-state index is 4.79. The summed E-state index contributed by atoms with van der Waals surface area (Å²) in [6, 6.07) is 6.10. The maximum Gasteiger partial charge on any atom is 0.186 e. The summed E-state index contributed by atoms with van der Waals surface area (Å²) in [6.07, 6.45) is 0. The highest BCUT2D eigenvalue weighted by Gasteiger charge is 2.28. The van der Waals surface area contributed by atoms with Crippen molar-refractivity contribution in [2.75, 3.05) is 23.7 Å². The van der Waals surface area contributed by atoms with E-state index in [1.807, 2.05) is 33.8 Å². The van der Waals surface area contributed by atoms with Gasteiger partial charge in [0, 0.05) is 34.5 Å². The molecular weight excluding hydrogens is 314 g/mol. The Hall–Kier alpha value is -1.60. The van der Waals surface area contributed by atoms with Crippen LogP contribution in [0.5, 0.6) is 0 Å². The molecule has 1 fully saturated rings. The van der Waals surface area contributed by atoms with Crippen molar-refractivity contribution in [3.63, 3.8) is 0 Å². The van der Waals surface area contributed by atoms with Crippen molar-refractivity contribution >= 4 is 34.6 Å². The molecule has 0 unspecified atom stereocenters. The lowest BCUT2D eigenvalue weighted by Gasteiger charge is -2.38. The summed E-state index contributed by atoms with van der Waals surface area (Å²) >= 11 is 3.68. The van der Waals surface area contributed by atoms with Crippen LogP contribution in [0.2, 0.25) is 0 Å². The molecule has 22 heavy (non-hydrogen) atoms. The Morgan fingerprint density at radius 2 is 2.09 bits per heavy atom. The van der Waals surface area contributed by atoms with Crippen LogP contribution in [0.3, 0.4) is 0 Å². The summed E-state index contributed by atoms with van der Waals surface area (Å²) in [5.41, 5.74) is 1.85. The summed E-state index contributed by atoms with van der Waals surface area (Å²) in [4.78, 5) is 2.35. The van der Waals surface area contributed by atoms with E-state index in [1.54, 1.807) is 11.3 Å². The normalized spacial score (nSPS) is 18.0. The molecule has 0 atom stereocenters. The van der Waals surface area contributed by atoms with Gasteiger partial charge in [-0.15, -0.1) is 15.3 Å². The second kappa shape index (κ2) is 5.24. The van der Waals surface area contributed by atoms with Gasteiger partial charge in [0.25, 0.3) is 0 Å². The number of thioether (sulfide) groups is 1. The summed E-state index contributed by atoms with van der Waals surface area (Å²) < 4.78 is 2.12. The van der Waals surface area contributed by atoms with Crippen molar-refractivity contribution < 1.29 is 0 Å². The Bertz CT molecular complexity index is 793. The van der Waals surface area contributed by atoms with Crippen LogP contribution in [0.15, 0.2) is 29.0 Å². The van der Waals surface area contributed by atoms with E-state index in [0.29, 0.717) is 0 Å². The number of anilines is 1. The van der Waals surface area contributed by atoms with E-state index >= 15 is 0 Å². The highest BCUT2D eigenvalue weighted by molar-refractivity contribution is 8.00. The van der Waals surface area contributed by atoms with E-state index in [9.17, 15) is 0 Å². The Kier molecular flexibility index (Phi) is 3.34. The predicted molar refractivity (Wildman–Crippen MR) is 92.8 cm³/mol. The molecule has 114 valence electrons. The second-order valence-corrected chi connectivity index (χ2v) is 8.61. The van der Waals surface area contributed by atoms with Gasteiger partial charge in [-0.05, 0) is 37.4 Å². The molecule has 7 heteroatoms. The summed E-state index contributed by atoms with van der Waals surface area (Å²) in [6.45, 7) is 6.62. The Balaban J connectivity index is 1.75. The van der Waals surface area contributed by atoms with Crippen LogP contribution in [0, 0.1) is 0 Å². The van der Waals surface area contributed by atoms with E-state index in [2.05, 4.69) is 40.4 Å². The van der Waals surface area contributed by atoms with Gasteiger partial charge in [0.1, 0.15) is 5.82 Å². The van der Waals surface area contributed by atoms with Crippen LogP contribution in [-0.2, 0) is 0 Å². The topological polar surface area (TPSA) is 46.3 Å². The Labute approximate surface area is 137 Å². The van der Waals surface area contributed by atoms with Gasteiger partial charge in [0.05, 0.1) is 0 Å². The zero-order valence-electron chi connectivity index (χ0n) is 12.6. The minimum absolute atomic E-state index is 0.262. The lowest BCUT2D eigenvalue weighted by atomic mass is 10.2. The van der Waals surface area contributed by atoms with Gasteiger partial charge in [-0.3, -0.25) is 0 Å². The van der Waals surface area contributed by atoms with Crippen LogP contribution in [0.1, 0.15) is 13.8 Å². The van der Waals surface area contributed by atoms with Crippen LogP contribution in [-0.4, -0.2) is 43.4 Å². The number of aromatic nitrogens is 4. The lowest BCUT2D eigenvalue weighted by Crippen LogP contribution is -2.43. The van der Waals surface area contributed by atoms with E-state index < -0.39 is 0 Å². The quantitative estimate of drug-likeness (QED) is 0.722. The molecule has 0 N–H and O–H groups in total. The molecule has 0 aliphatic carbocycles. The van der Waals surface area contributed by atoms with Crippen LogP contribution in [0.4, 0.5) is 5.82 Å². The minimum Gasteiger partial charge on any atom is -0.353 e. The molecule has 3 aromatic heterocycles. The van der Waals surface area contributed by atoms with Crippen molar-refractivity contribution in [1.29, 1.82) is 0 Å². The van der Waals surface area contributed by atoms with Crippen molar-refractivity contribution in [3.8, 4) is 11.4 Å². The zero-order chi connectivity index (χ0) is 15.2. The first-order valence-corrected chi connectivity index (χ1v) is 9.19.